The molecule has 3 rings (SSSR count). The number of nitriles is 1. The number of nitrogens with one attached hydrogen (secondary N) is 2. The lowest BCUT2D eigenvalue weighted by molar-refractivity contribution is 0.102. The normalized spacial score (nSPS) is 15.8. The summed E-state index contributed by atoms with van der Waals surface area (Å²) in [7, 11) is 0. The Morgan fingerprint density at radius 3 is 2.41 bits per heavy atom. The van der Waals surface area contributed by atoms with Gasteiger partial charge in [0.05, 0.1) is 17.0 Å². The van der Waals surface area contributed by atoms with E-state index >= 15 is 0 Å². The van der Waals surface area contributed by atoms with E-state index in [-0.39, 0.29) is 16.9 Å². The minimum atomic E-state index is -0.365. The van der Waals surface area contributed by atoms with Crippen molar-refractivity contribution in [2.24, 2.45) is 0 Å². The molecule has 1 aliphatic rings. The smallest absolute Gasteiger partial charge is 0.259 e. The fourth-order valence-electron chi connectivity index (χ4n) is 3.56. The average Bonchev–Trinajstić information content (AvgIpc) is 3.11. The lowest BCUT2D eigenvalue weighted by Gasteiger charge is -2.23. The molecule has 5 heteroatoms. The highest BCUT2D eigenvalue weighted by molar-refractivity contribution is 6.07. The Morgan fingerprint density at radius 2 is 1.81 bits per heavy atom. The van der Waals surface area contributed by atoms with Crippen LogP contribution < -0.4 is 10.6 Å². The third-order valence-electron chi connectivity index (χ3n) is 4.91. The fraction of sp³-hybridized carbons (Fsp3) is 0.409. The van der Waals surface area contributed by atoms with Gasteiger partial charge in [-0.1, -0.05) is 25.0 Å². The molecule has 0 radical (unpaired) electrons. The van der Waals surface area contributed by atoms with E-state index in [1.54, 1.807) is 18.3 Å². The van der Waals surface area contributed by atoms with E-state index in [4.69, 9.17) is 0 Å². The number of rotatable bonds is 4. The molecule has 0 bridgehead atoms. The van der Waals surface area contributed by atoms with Gasteiger partial charge >= 0.3 is 0 Å². The monoisotopic (exact) mass is 362 g/mol. The standard InChI is InChI=1S/C22H26N4O/c1-21(2,3)26-19-18(7-6-14-24-19)20(27)25-17-10-8-16(9-11-17)22(15-23)12-4-5-13-22/h6-11,14H,4-5,12-13H2,1-3H3,(H,24,26)(H,25,27). The van der Waals surface area contributed by atoms with Crippen molar-refractivity contribution in [3.8, 4) is 6.07 Å². The summed E-state index contributed by atoms with van der Waals surface area (Å²) in [6, 6.07) is 13.7. The average molecular weight is 362 g/mol. The van der Waals surface area contributed by atoms with Crippen molar-refractivity contribution < 1.29 is 4.79 Å². The van der Waals surface area contributed by atoms with Crippen LogP contribution in [0, 0.1) is 11.3 Å². The predicted octanol–water partition coefficient (Wildman–Crippen LogP) is 4.88. The molecule has 0 spiro atoms. The highest BCUT2D eigenvalue weighted by Gasteiger charge is 2.35. The van der Waals surface area contributed by atoms with E-state index < -0.39 is 0 Å². The third-order valence-corrected chi connectivity index (χ3v) is 4.91. The molecule has 1 fully saturated rings. The Bertz CT molecular complexity index is 853. The van der Waals surface area contributed by atoms with Gasteiger partial charge in [-0.2, -0.15) is 5.26 Å². The summed E-state index contributed by atoms with van der Waals surface area (Å²) in [6.45, 7) is 6.07. The molecular weight excluding hydrogens is 336 g/mol. The molecule has 1 aromatic carbocycles. The quantitative estimate of drug-likeness (QED) is 0.812. The second-order valence-electron chi connectivity index (χ2n) is 8.21. The van der Waals surface area contributed by atoms with E-state index in [0.717, 1.165) is 31.2 Å². The highest BCUT2D eigenvalue weighted by Crippen LogP contribution is 2.40. The van der Waals surface area contributed by atoms with Gasteiger partial charge in [0, 0.05) is 17.4 Å². The summed E-state index contributed by atoms with van der Waals surface area (Å²) in [5, 5.41) is 15.8. The molecule has 1 saturated carbocycles. The molecule has 27 heavy (non-hydrogen) atoms. The molecular formula is C22H26N4O. The van der Waals surface area contributed by atoms with Crippen molar-refractivity contribution in [1.29, 1.82) is 5.26 Å². The van der Waals surface area contributed by atoms with E-state index in [1.807, 2.05) is 45.0 Å². The largest absolute Gasteiger partial charge is 0.365 e. The van der Waals surface area contributed by atoms with Gasteiger partial charge < -0.3 is 10.6 Å². The first-order valence-corrected chi connectivity index (χ1v) is 9.39. The number of benzene rings is 1. The summed E-state index contributed by atoms with van der Waals surface area (Å²) in [5.74, 6) is 0.354. The summed E-state index contributed by atoms with van der Waals surface area (Å²) in [6.07, 6.45) is 5.68. The zero-order chi connectivity index (χ0) is 19.5. The number of carbonyl (C=O) groups excluding carboxylic acids is 1. The van der Waals surface area contributed by atoms with Crippen molar-refractivity contribution in [1.82, 2.24) is 4.98 Å². The summed E-state index contributed by atoms with van der Waals surface area (Å²) >= 11 is 0. The van der Waals surface area contributed by atoms with Crippen LogP contribution in [0.25, 0.3) is 0 Å². The van der Waals surface area contributed by atoms with Gasteiger partial charge in [0.1, 0.15) is 5.82 Å². The van der Waals surface area contributed by atoms with Crippen LogP contribution in [0.2, 0.25) is 0 Å². The number of anilines is 2. The molecule has 1 aliphatic carbocycles. The van der Waals surface area contributed by atoms with E-state index in [2.05, 4.69) is 21.7 Å². The maximum Gasteiger partial charge on any atom is 0.259 e. The first-order chi connectivity index (χ1) is 12.8. The lowest BCUT2D eigenvalue weighted by Crippen LogP contribution is -2.28. The third kappa shape index (κ3) is 4.28. The van der Waals surface area contributed by atoms with Crippen LogP contribution in [0.5, 0.6) is 0 Å². The molecule has 140 valence electrons. The van der Waals surface area contributed by atoms with Gasteiger partial charge in [0.25, 0.3) is 5.91 Å². The molecule has 1 heterocycles. The van der Waals surface area contributed by atoms with Crippen LogP contribution in [0.4, 0.5) is 11.5 Å². The molecule has 1 aromatic heterocycles. The number of hydrogen-bond donors (Lipinski definition) is 2. The van der Waals surface area contributed by atoms with Crippen LogP contribution in [-0.4, -0.2) is 16.4 Å². The van der Waals surface area contributed by atoms with Crippen molar-refractivity contribution in [3.63, 3.8) is 0 Å². The Hall–Kier alpha value is -2.87. The fourth-order valence-corrected chi connectivity index (χ4v) is 3.56. The van der Waals surface area contributed by atoms with Crippen molar-refractivity contribution in [2.45, 2.75) is 57.4 Å². The van der Waals surface area contributed by atoms with E-state index in [0.29, 0.717) is 17.1 Å². The number of nitrogens with zero attached hydrogens (tertiary/aromatic N) is 2. The highest BCUT2D eigenvalue weighted by atomic mass is 16.1. The van der Waals surface area contributed by atoms with Gasteiger partial charge in [-0.05, 0) is 63.4 Å². The maximum atomic E-state index is 12.7. The Labute approximate surface area is 160 Å². The van der Waals surface area contributed by atoms with Crippen LogP contribution in [0.1, 0.15) is 62.4 Å². The summed E-state index contributed by atoms with van der Waals surface area (Å²) < 4.78 is 0. The zero-order valence-corrected chi connectivity index (χ0v) is 16.2. The molecule has 0 unspecified atom stereocenters. The minimum Gasteiger partial charge on any atom is -0.365 e. The van der Waals surface area contributed by atoms with Crippen LogP contribution >= 0.6 is 0 Å². The number of amides is 1. The lowest BCUT2D eigenvalue weighted by atomic mass is 9.80. The molecule has 2 aromatic rings. The van der Waals surface area contributed by atoms with Crippen LogP contribution in [-0.2, 0) is 5.41 Å². The number of aromatic nitrogens is 1. The zero-order valence-electron chi connectivity index (χ0n) is 16.2. The first kappa shape index (κ1) is 18.9. The van der Waals surface area contributed by atoms with Gasteiger partial charge in [-0.25, -0.2) is 4.98 Å². The molecule has 0 saturated heterocycles. The Balaban J connectivity index is 1.77. The topological polar surface area (TPSA) is 77.8 Å². The summed E-state index contributed by atoms with van der Waals surface area (Å²) in [4.78, 5) is 17.0. The van der Waals surface area contributed by atoms with Gasteiger partial charge in [-0.15, -0.1) is 0 Å². The van der Waals surface area contributed by atoms with Gasteiger partial charge in [-0.3, -0.25) is 4.79 Å². The molecule has 5 nitrogen and oxygen atoms in total. The Kier molecular flexibility index (Phi) is 5.18. The second kappa shape index (κ2) is 7.40. The number of pyridine rings is 1. The SMILES string of the molecule is CC(C)(C)Nc1ncccc1C(=O)Nc1ccc(C2(C#N)CCCC2)cc1. The van der Waals surface area contributed by atoms with Crippen molar-refractivity contribution in [2.75, 3.05) is 10.6 Å². The van der Waals surface area contributed by atoms with Crippen LogP contribution in [0.15, 0.2) is 42.6 Å². The molecule has 2 N–H and O–H groups in total. The van der Waals surface area contributed by atoms with Crippen molar-refractivity contribution >= 4 is 17.4 Å². The van der Waals surface area contributed by atoms with Crippen molar-refractivity contribution in [3.05, 3.63) is 53.7 Å². The minimum absolute atomic E-state index is 0.197. The Morgan fingerprint density at radius 1 is 1.15 bits per heavy atom. The molecule has 1 amide bonds. The number of carbonyl (C=O) groups is 1. The van der Waals surface area contributed by atoms with Crippen LogP contribution in [0.3, 0.4) is 0 Å². The van der Waals surface area contributed by atoms with E-state index in [1.165, 1.54) is 0 Å². The second-order valence-corrected chi connectivity index (χ2v) is 8.21. The predicted molar refractivity (Wildman–Crippen MR) is 108 cm³/mol. The number of hydrogen-bond acceptors (Lipinski definition) is 4. The van der Waals surface area contributed by atoms with Gasteiger partial charge in [0.15, 0.2) is 0 Å². The summed E-state index contributed by atoms with van der Waals surface area (Å²) in [5.41, 5.74) is 1.69. The maximum absolute atomic E-state index is 12.7. The van der Waals surface area contributed by atoms with E-state index in [9.17, 15) is 10.1 Å². The van der Waals surface area contributed by atoms with Gasteiger partial charge in [0.2, 0.25) is 0 Å². The molecule has 0 atom stereocenters. The molecule has 0 aliphatic heterocycles. The first-order valence-electron chi connectivity index (χ1n) is 9.39.